The van der Waals surface area contributed by atoms with Crippen molar-refractivity contribution in [1.82, 2.24) is 5.32 Å². The molecule has 1 aromatic carbocycles. The van der Waals surface area contributed by atoms with Crippen LogP contribution in [0.1, 0.15) is 29.9 Å². The molecule has 1 heterocycles. The Morgan fingerprint density at radius 1 is 1.36 bits per heavy atom. The van der Waals surface area contributed by atoms with Crippen LogP contribution in [0.3, 0.4) is 0 Å². The summed E-state index contributed by atoms with van der Waals surface area (Å²) < 4.78 is 0. The second kappa shape index (κ2) is 2.99. The molecule has 2 unspecified atom stereocenters. The Bertz CT molecular complexity index is 361. The molecule has 1 aliphatic heterocycles. The van der Waals surface area contributed by atoms with Crippen molar-refractivity contribution in [1.29, 1.82) is 0 Å². The number of benzene rings is 1. The maximum Gasteiger partial charge on any atom is 0.115 e. The van der Waals surface area contributed by atoms with Crippen LogP contribution in [0, 0.1) is 0 Å². The number of phenolic OH excluding ortho intramolecular Hbond substituents is 1. The molecule has 14 heavy (non-hydrogen) atoms. The molecular formula is C12H15NO. The monoisotopic (exact) mass is 189 g/mol. The SMILES string of the molecule is Oc1ccc2c(c1)CC1NCCCC21. The molecule has 1 saturated heterocycles. The van der Waals surface area contributed by atoms with Crippen molar-refractivity contribution in [2.24, 2.45) is 0 Å². The highest BCUT2D eigenvalue weighted by molar-refractivity contribution is 5.42. The maximum atomic E-state index is 9.41. The summed E-state index contributed by atoms with van der Waals surface area (Å²) in [7, 11) is 0. The molecule has 2 N–H and O–H groups in total. The number of hydrogen-bond donors (Lipinski definition) is 2. The number of phenols is 1. The van der Waals surface area contributed by atoms with Crippen LogP contribution in [0.25, 0.3) is 0 Å². The van der Waals surface area contributed by atoms with Crippen molar-refractivity contribution in [2.75, 3.05) is 6.54 Å². The third kappa shape index (κ3) is 1.14. The minimum absolute atomic E-state index is 0.405. The van der Waals surface area contributed by atoms with Crippen LogP contribution < -0.4 is 5.32 Å². The highest BCUT2D eigenvalue weighted by Gasteiger charge is 2.33. The topological polar surface area (TPSA) is 32.3 Å². The van der Waals surface area contributed by atoms with E-state index in [0.717, 1.165) is 13.0 Å². The lowest BCUT2D eigenvalue weighted by atomic mass is 9.90. The molecule has 2 atom stereocenters. The molecule has 2 aliphatic rings. The molecule has 0 amide bonds. The first-order valence-corrected chi connectivity index (χ1v) is 5.40. The van der Waals surface area contributed by atoms with Crippen molar-refractivity contribution in [2.45, 2.75) is 31.2 Å². The van der Waals surface area contributed by atoms with Crippen molar-refractivity contribution >= 4 is 0 Å². The summed E-state index contributed by atoms with van der Waals surface area (Å²) in [5.74, 6) is 1.10. The number of hydrogen-bond acceptors (Lipinski definition) is 2. The van der Waals surface area contributed by atoms with Crippen LogP contribution in [-0.2, 0) is 6.42 Å². The normalized spacial score (nSPS) is 29.7. The Labute approximate surface area is 84.0 Å². The molecule has 74 valence electrons. The lowest BCUT2D eigenvalue weighted by Crippen LogP contribution is -2.37. The van der Waals surface area contributed by atoms with Crippen LogP contribution in [-0.4, -0.2) is 17.7 Å². The number of rotatable bonds is 0. The molecule has 1 aliphatic carbocycles. The summed E-state index contributed by atoms with van der Waals surface area (Å²) in [4.78, 5) is 0. The van der Waals surface area contributed by atoms with Crippen molar-refractivity contribution < 1.29 is 5.11 Å². The Morgan fingerprint density at radius 3 is 3.21 bits per heavy atom. The predicted octanol–water partition coefficient (Wildman–Crippen LogP) is 1.78. The molecule has 2 nitrogen and oxygen atoms in total. The van der Waals surface area contributed by atoms with E-state index in [9.17, 15) is 5.11 Å². The molecule has 0 aromatic heterocycles. The fraction of sp³-hybridized carbons (Fsp3) is 0.500. The van der Waals surface area contributed by atoms with Gasteiger partial charge in [-0.3, -0.25) is 0 Å². The van der Waals surface area contributed by atoms with Crippen LogP contribution in [0.4, 0.5) is 0 Å². The molecule has 1 aromatic rings. The van der Waals surface area contributed by atoms with Gasteiger partial charge in [-0.1, -0.05) is 6.07 Å². The Balaban J connectivity index is 2.01. The predicted molar refractivity (Wildman–Crippen MR) is 55.6 cm³/mol. The van der Waals surface area contributed by atoms with Crippen molar-refractivity contribution in [3.05, 3.63) is 29.3 Å². The van der Waals surface area contributed by atoms with E-state index >= 15 is 0 Å². The number of piperidine rings is 1. The first kappa shape index (κ1) is 8.30. The zero-order valence-electron chi connectivity index (χ0n) is 8.16. The molecule has 1 fully saturated rings. The van der Waals surface area contributed by atoms with Crippen LogP contribution in [0.5, 0.6) is 5.75 Å². The lowest BCUT2D eigenvalue weighted by molar-refractivity contribution is 0.372. The van der Waals surface area contributed by atoms with Gasteiger partial charge in [0.2, 0.25) is 0 Å². The zero-order valence-corrected chi connectivity index (χ0v) is 8.16. The lowest BCUT2D eigenvalue weighted by Gasteiger charge is -2.26. The molecule has 0 spiro atoms. The van der Waals surface area contributed by atoms with Gasteiger partial charge in [0.15, 0.2) is 0 Å². The van der Waals surface area contributed by atoms with Crippen LogP contribution in [0.2, 0.25) is 0 Å². The fourth-order valence-electron chi connectivity index (χ4n) is 2.91. The second-order valence-electron chi connectivity index (χ2n) is 4.40. The van der Waals surface area contributed by atoms with E-state index in [1.165, 1.54) is 24.0 Å². The van der Waals surface area contributed by atoms with Crippen LogP contribution >= 0.6 is 0 Å². The van der Waals surface area contributed by atoms with Gasteiger partial charge in [0.1, 0.15) is 5.75 Å². The molecule has 3 rings (SSSR count). The Kier molecular flexibility index (Phi) is 1.77. The number of nitrogens with one attached hydrogen (secondary N) is 1. The van der Waals surface area contributed by atoms with Crippen LogP contribution in [0.15, 0.2) is 18.2 Å². The van der Waals surface area contributed by atoms with E-state index in [0.29, 0.717) is 17.7 Å². The summed E-state index contributed by atoms with van der Waals surface area (Å²) in [6.07, 6.45) is 3.67. The summed E-state index contributed by atoms with van der Waals surface area (Å²) in [6.45, 7) is 1.15. The van der Waals surface area contributed by atoms with E-state index in [-0.39, 0.29) is 0 Å². The standard InChI is InChI=1S/C12H15NO/c14-9-3-4-10-8(6-9)7-12-11(10)2-1-5-13-12/h3-4,6,11-14H,1-2,5,7H2. The summed E-state index contributed by atoms with van der Waals surface area (Å²) >= 11 is 0. The van der Waals surface area contributed by atoms with E-state index in [4.69, 9.17) is 0 Å². The number of aromatic hydroxyl groups is 1. The zero-order chi connectivity index (χ0) is 9.54. The Morgan fingerprint density at radius 2 is 2.29 bits per heavy atom. The minimum Gasteiger partial charge on any atom is -0.508 e. The van der Waals surface area contributed by atoms with Gasteiger partial charge in [-0.2, -0.15) is 0 Å². The third-order valence-corrected chi connectivity index (χ3v) is 3.55. The van der Waals surface area contributed by atoms with E-state index < -0.39 is 0 Å². The molecule has 0 bridgehead atoms. The number of fused-ring (bicyclic) bond motifs is 3. The first-order chi connectivity index (χ1) is 6.84. The summed E-state index contributed by atoms with van der Waals surface area (Å²) in [5.41, 5.74) is 2.80. The van der Waals surface area contributed by atoms with E-state index in [1.807, 2.05) is 12.1 Å². The highest BCUT2D eigenvalue weighted by Crippen LogP contribution is 2.39. The van der Waals surface area contributed by atoms with Gasteiger partial charge in [0.05, 0.1) is 0 Å². The van der Waals surface area contributed by atoms with Gasteiger partial charge in [0, 0.05) is 6.04 Å². The van der Waals surface area contributed by atoms with Crippen molar-refractivity contribution in [3.63, 3.8) is 0 Å². The molecule has 0 radical (unpaired) electrons. The molecule has 0 saturated carbocycles. The van der Waals surface area contributed by atoms with Gasteiger partial charge in [-0.15, -0.1) is 0 Å². The average Bonchev–Trinajstić information content (AvgIpc) is 2.54. The third-order valence-electron chi connectivity index (χ3n) is 3.55. The van der Waals surface area contributed by atoms with Gasteiger partial charge in [0.25, 0.3) is 0 Å². The van der Waals surface area contributed by atoms with Gasteiger partial charge in [-0.05, 0) is 55.0 Å². The highest BCUT2D eigenvalue weighted by atomic mass is 16.3. The van der Waals surface area contributed by atoms with Crippen molar-refractivity contribution in [3.8, 4) is 5.75 Å². The first-order valence-electron chi connectivity index (χ1n) is 5.40. The van der Waals surface area contributed by atoms with E-state index in [2.05, 4.69) is 11.4 Å². The second-order valence-corrected chi connectivity index (χ2v) is 4.40. The van der Waals surface area contributed by atoms with Gasteiger partial charge < -0.3 is 10.4 Å². The minimum atomic E-state index is 0.405. The maximum absolute atomic E-state index is 9.41. The largest absolute Gasteiger partial charge is 0.508 e. The van der Waals surface area contributed by atoms with Gasteiger partial charge in [-0.25, -0.2) is 0 Å². The quantitative estimate of drug-likeness (QED) is 0.652. The van der Waals surface area contributed by atoms with Gasteiger partial charge >= 0.3 is 0 Å². The smallest absolute Gasteiger partial charge is 0.115 e. The van der Waals surface area contributed by atoms with E-state index in [1.54, 1.807) is 0 Å². The molecular weight excluding hydrogens is 174 g/mol. The molecule has 2 heteroatoms. The summed E-state index contributed by atoms with van der Waals surface area (Å²) in [5, 5.41) is 13.0. The summed E-state index contributed by atoms with van der Waals surface area (Å²) in [6, 6.07) is 6.47. The average molecular weight is 189 g/mol. The Hall–Kier alpha value is -1.02. The fourth-order valence-corrected chi connectivity index (χ4v) is 2.91.